The summed E-state index contributed by atoms with van der Waals surface area (Å²) in [6.45, 7) is 0. The van der Waals surface area contributed by atoms with Gasteiger partial charge in [0, 0.05) is 0 Å². The number of allylic oxidation sites excluding steroid dienone is 2. The van der Waals surface area contributed by atoms with E-state index in [1.807, 2.05) is 0 Å². The third kappa shape index (κ3) is 0.779. The second kappa shape index (κ2) is 2.35. The molecular formula is C11H16O. The Morgan fingerprint density at radius 3 is 3.00 bits per heavy atom. The highest BCUT2D eigenvalue weighted by molar-refractivity contribution is 5.30. The van der Waals surface area contributed by atoms with Crippen molar-refractivity contribution < 1.29 is 5.11 Å². The number of hydrogen-bond acceptors (Lipinski definition) is 1. The van der Waals surface area contributed by atoms with Crippen molar-refractivity contribution in [2.45, 2.75) is 44.6 Å². The molecule has 66 valence electrons. The number of aliphatic hydroxyl groups excluding tert-OH is 1. The highest BCUT2D eigenvalue weighted by Gasteiger charge is 2.43. The zero-order valence-electron chi connectivity index (χ0n) is 7.42. The first kappa shape index (κ1) is 7.14. The van der Waals surface area contributed by atoms with Gasteiger partial charge in [0.2, 0.25) is 0 Å². The first-order chi connectivity index (χ1) is 5.86. The van der Waals surface area contributed by atoms with Crippen LogP contribution < -0.4 is 0 Å². The summed E-state index contributed by atoms with van der Waals surface area (Å²) in [4.78, 5) is 0. The Bertz CT molecular complexity index is 241. The predicted octanol–water partition coefficient (Wildman–Crippen LogP) is 2.26. The van der Waals surface area contributed by atoms with E-state index >= 15 is 0 Å². The Balaban J connectivity index is 1.90. The zero-order valence-corrected chi connectivity index (χ0v) is 7.42. The second-order valence-corrected chi connectivity index (χ2v) is 4.60. The van der Waals surface area contributed by atoms with Gasteiger partial charge in [0.15, 0.2) is 0 Å². The van der Waals surface area contributed by atoms with Crippen molar-refractivity contribution in [3.63, 3.8) is 0 Å². The van der Waals surface area contributed by atoms with Crippen LogP contribution in [0.5, 0.6) is 0 Å². The van der Waals surface area contributed by atoms with Gasteiger partial charge in [-0.1, -0.05) is 11.1 Å². The maximum Gasteiger partial charge on any atom is 0.0577 e. The summed E-state index contributed by atoms with van der Waals surface area (Å²) < 4.78 is 0. The van der Waals surface area contributed by atoms with Crippen LogP contribution in [0, 0.1) is 11.8 Å². The first-order valence-electron chi connectivity index (χ1n) is 5.25. The normalized spacial score (nSPS) is 45.2. The third-order valence-corrected chi connectivity index (χ3v) is 4.09. The van der Waals surface area contributed by atoms with Gasteiger partial charge < -0.3 is 5.11 Å². The van der Waals surface area contributed by atoms with Crippen molar-refractivity contribution in [1.82, 2.24) is 0 Å². The molecule has 0 spiro atoms. The average Bonchev–Trinajstić information content (AvgIpc) is 2.63. The number of aliphatic hydroxyl groups is 1. The van der Waals surface area contributed by atoms with E-state index in [4.69, 9.17) is 0 Å². The topological polar surface area (TPSA) is 20.2 Å². The van der Waals surface area contributed by atoms with Crippen LogP contribution in [-0.4, -0.2) is 11.2 Å². The number of rotatable bonds is 0. The summed E-state index contributed by atoms with van der Waals surface area (Å²) in [7, 11) is 0. The second-order valence-electron chi connectivity index (χ2n) is 4.60. The molecule has 1 nitrogen and oxygen atoms in total. The number of fused-ring (bicyclic) bond motifs is 2. The van der Waals surface area contributed by atoms with Crippen LogP contribution in [0.3, 0.4) is 0 Å². The standard InChI is InChI=1S/C11H16O/c12-11-5-4-9-8-3-1-2-7(8)6-10(9)11/h9-12H,1-6H2/t9-,10+,11-/m1/s1. The summed E-state index contributed by atoms with van der Waals surface area (Å²) in [6, 6.07) is 0. The van der Waals surface area contributed by atoms with E-state index in [9.17, 15) is 5.11 Å². The highest BCUT2D eigenvalue weighted by atomic mass is 16.3. The molecule has 12 heavy (non-hydrogen) atoms. The molecule has 0 aromatic carbocycles. The van der Waals surface area contributed by atoms with Gasteiger partial charge in [-0.05, 0) is 50.4 Å². The molecule has 0 aromatic heterocycles. The van der Waals surface area contributed by atoms with Crippen molar-refractivity contribution in [2.75, 3.05) is 0 Å². The largest absolute Gasteiger partial charge is 0.393 e. The van der Waals surface area contributed by atoms with Crippen LogP contribution in [0.1, 0.15) is 38.5 Å². The molecule has 1 fully saturated rings. The molecule has 0 unspecified atom stereocenters. The van der Waals surface area contributed by atoms with Gasteiger partial charge in [0.05, 0.1) is 6.10 Å². The van der Waals surface area contributed by atoms with Gasteiger partial charge >= 0.3 is 0 Å². The van der Waals surface area contributed by atoms with Crippen molar-refractivity contribution in [3.05, 3.63) is 11.1 Å². The fourth-order valence-corrected chi connectivity index (χ4v) is 3.55. The van der Waals surface area contributed by atoms with Gasteiger partial charge in [-0.2, -0.15) is 0 Å². The summed E-state index contributed by atoms with van der Waals surface area (Å²) in [5.41, 5.74) is 3.49. The van der Waals surface area contributed by atoms with Gasteiger partial charge in [-0.3, -0.25) is 0 Å². The van der Waals surface area contributed by atoms with E-state index in [1.165, 1.54) is 32.1 Å². The molecule has 3 aliphatic rings. The Morgan fingerprint density at radius 1 is 1.17 bits per heavy atom. The maximum atomic E-state index is 9.73. The van der Waals surface area contributed by atoms with Gasteiger partial charge in [0.1, 0.15) is 0 Å². The van der Waals surface area contributed by atoms with Crippen molar-refractivity contribution >= 4 is 0 Å². The lowest BCUT2D eigenvalue weighted by molar-refractivity contribution is 0.126. The lowest BCUT2D eigenvalue weighted by Gasteiger charge is -2.15. The number of hydrogen-bond donors (Lipinski definition) is 1. The van der Waals surface area contributed by atoms with Crippen LogP contribution in [0.2, 0.25) is 0 Å². The maximum absolute atomic E-state index is 9.73. The van der Waals surface area contributed by atoms with E-state index in [0.717, 1.165) is 12.3 Å². The van der Waals surface area contributed by atoms with E-state index in [2.05, 4.69) is 0 Å². The zero-order chi connectivity index (χ0) is 8.13. The predicted molar refractivity (Wildman–Crippen MR) is 47.7 cm³/mol. The molecule has 0 aliphatic heterocycles. The Labute approximate surface area is 73.5 Å². The molecule has 3 atom stereocenters. The highest BCUT2D eigenvalue weighted by Crippen LogP contribution is 2.52. The minimum Gasteiger partial charge on any atom is -0.393 e. The average molecular weight is 164 g/mol. The molecule has 0 heterocycles. The van der Waals surface area contributed by atoms with E-state index in [-0.39, 0.29) is 6.10 Å². The quantitative estimate of drug-likeness (QED) is 0.544. The summed E-state index contributed by atoms with van der Waals surface area (Å²) >= 11 is 0. The summed E-state index contributed by atoms with van der Waals surface area (Å²) in [6.07, 6.45) is 7.68. The first-order valence-corrected chi connectivity index (χ1v) is 5.25. The SMILES string of the molecule is O[C@@H]1CC[C@@H]2C3=C(CCC3)C[C@H]12. The Kier molecular flexibility index (Phi) is 1.40. The molecular weight excluding hydrogens is 148 g/mol. The molecule has 0 amide bonds. The molecule has 3 aliphatic carbocycles. The van der Waals surface area contributed by atoms with Gasteiger partial charge in [-0.25, -0.2) is 0 Å². The van der Waals surface area contributed by atoms with E-state index in [0.29, 0.717) is 5.92 Å². The van der Waals surface area contributed by atoms with Crippen molar-refractivity contribution in [3.8, 4) is 0 Å². The molecule has 0 radical (unpaired) electrons. The van der Waals surface area contributed by atoms with Crippen LogP contribution in [-0.2, 0) is 0 Å². The molecule has 0 aromatic rings. The van der Waals surface area contributed by atoms with Crippen LogP contribution in [0.15, 0.2) is 11.1 Å². The Morgan fingerprint density at radius 2 is 2.08 bits per heavy atom. The molecule has 1 saturated carbocycles. The monoisotopic (exact) mass is 164 g/mol. The molecule has 1 N–H and O–H groups in total. The van der Waals surface area contributed by atoms with Crippen molar-refractivity contribution in [2.24, 2.45) is 11.8 Å². The summed E-state index contributed by atoms with van der Waals surface area (Å²) in [5.74, 6) is 1.44. The van der Waals surface area contributed by atoms with Crippen LogP contribution in [0.4, 0.5) is 0 Å². The van der Waals surface area contributed by atoms with Gasteiger partial charge in [-0.15, -0.1) is 0 Å². The van der Waals surface area contributed by atoms with Crippen LogP contribution >= 0.6 is 0 Å². The fraction of sp³-hybridized carbons (Fsp3) is 0.818. The smallest absolute Gasteiger partial charge is 0.0577 e. The van der Waals surface area contributed by atoms with E-state index < -0.39 is 0 Å². The lowest BCUT2D eigenvalue weighted by Crippen LogP contribution is -2.15. The minimum atomic E-state index is 0.0283. The summed E-state index contributed by atoms with van der Waals surface area (Å²) in [5, 5.41) is 9.73. The van der Waals surface area contributed by atoms with Crippen molar-refractivity contribution in [1.29, 1.82) is 0 Å². The van der Waals surface area contributed by atoms with Crippen LogP contribution in [0.25, 0.3) is 0 Å². The molecule has 0 bridgehead atoms. The lowest BCUT2D eigenvalue weighted by atomic mass is 9.91. The third-order valence-electron chi connectivity index (χ3n) is 4.09. The molecule has 1 heteroatoms. The molecule has 3 rings (SSSR count). The fourth-order valence-electron chi connectivity index (χ4n) is 3.55. The minimum absolute atomic E-state index is 0.0283. The van der Waals surface area contributed by atoms with E-state index in [1.54, 1.807) is 11.1 Å². The van der Waals surface area contributed by atoms with Gasteiger partial charge in [0.25, 0.3) is 0 Å². The molecule has 0 saturated heterocycles. The Hall–Kier alpha value is -0.300.